The van der Waals surface area contributed by atoms with Gasteiger partial charge in [-0.05, 0) is 55.0 Å². The molecule has 1 aromatic heterocycles. The highest BCUT2D eigenvalue weighted by molar-refractivity contribution is 7.98. The Hall–Kier alpha value is -1.36. The number of aryl methyl sites for hydroxylation is 1. The second-order valence-electron chi connectivity index (χ2n) is 6.43. The van der Waals surface area contributed by atoms with Crippen molar-refractivity contribution in [1.82, 2.24) is 14.8 Å². The second kappa shape index (κ2) is 9.21. The zero-order valence-corrected chi connectivity index (χ0v) is 15.3. The average molecular weight is 342 g/mol. The van der Waals surface area contributed by atoms with E-state index >= 15 is 0 Å². The predicted octanol–water partition coefficient (Wildman–Crippen LogP) is 3.55. The maximum Gasteiger partial charge on any atom is 0.0299 e. The molecule has 4 heteroatoms. The van der Waals surface area contributed by atoms with Crippen LogP contribution in [0.2, 0.25) is 0 Å². The zero-order chi connectivity index (χ0) is 16.6. The van der Waals surface area contributed by atoms with Gasteiger partial charge in [0.15, 0.2) is 0 Å². The minimum absolute atomic E-state index is 1.08. The summed E-state index contributed by atoms with van der Waals surface area (Å²) in [6.07, 6.45) is 8.32. The summed E-state index contributed by atoms with van der Waals surface area (Å²) in [6, 6.07) is 13.2. The molecule has 128 valence electrons. The fraction of sp³-hybridized carbons (Fsp3) is 0.450. The summed E-state index contributed by atoms with van der Waals surface area (Å²) in [4.78, 5) is 10.7. The van der Waals surface area contributed by atoms with E-state index in [9.17, 15) is 0 Å². The van der Waals surface area contributed by atoms with Crippen molar-refractivity contribution in [2.75, 3.05) is 39.0 Å². The number of benzene rings is 1. The summed E-state index contributed by atoms with van der Waals surface area (Å²) in [5, 5.41) is 0. The minimum Gasteiger partial charge on any atom is -0.301 e. The van der Waals surface area contributed by atoms with Crippen molar-refractivity contribution in [2.24, 2.45) is 0 Å². The Balaban J connectivity index is 1.36. The number of nitrogens with zero attached hydrogens (tertiary/aromatic N) is 3. The molecule has 0 bridgehead atoms. The van der Waals surface area contributed by atoms with Gasteiger partial charge in [0.05, 0.1) is 0 Å². The van der Waals surface area contributed by atoms with E-state index in [1.54, 1.807) is 11.8 Å². The fourth-order valence-corrected chi connectivity index (χ4v) is 3.62. The van der Waals surface area contributed by atoms with Gasteiger partial charge in [-0.2, -0.15) is 0 Å². The van der Waals surface area contributed by atoms with E-state index < -0.39 is 0 Å². The molecule has 0 spiro atoms. The molecule has 24 heavy (non-hydrogen) atoms. The van der Waals surface area contributed by atoms with Gasteiger partial charge in [0.25, 0.3) is 0 Å². The lowest BCUT2D eigenvalue weighted by Gasteiger charge is -2.34. The zero-order valence-electron chi connectivity index (χ0n) is 14.5. The van der Waals surface area contributed by atoms with Crippen LogP contribution < -0.4 is 0 Å². The normalized spacial score (nSPS) is 16.4. The summed E-state index contributed by atoms with van der Waals surface area (Å²) in [7, 11) is 0. The van der Waals surface area contributed by atoms with E-state index in [1.165, 1.54) is 55.2 Å². The van der Waals surface area contributed by atoms with Gasteiger partial charge in [-0.25, -0.2) is 0 Å². The van der Waals surface area contributed by atoms with Crippen molar-refractivity contribution in [2.45, 2.75) is 24.3 Å². The van der Waals surface area contributed by atoms with Gasteiger partial charge in [0.1, 0.15) is 0 Å². The molecule has 2 aromatic rings. The molecule has 2 heterocycles. The smallest absolute Gasteiger partial charge is 0.0299 e. The summed E-state index contributed by atoms with van der Waals surface area (Å²) in [5.74, 6) is 0. The molecule has 0 amide bonds. The molecule has 0 atom stereocenters. The standard InChI is InChI=1S/C20H27N3S/c1-24-20-8-6-19(7-9-20)17-23-14-12-22(13-15-23)11-3-5-18-4-2-10-21-16-18/h2,4,6-10,16H,3,5,11-15,17H2,1H3. The first-order chi connectivity index (χ1) is 11.8. The minimum atomic E-state index is 1.08. The van der Waals surface area contributed by atoms with Gasteiger partial charge in [-0.1, -0.05) is 18.2 Å². The Bertz CT molecular complexity index is 592. The van der Waals surface area contributed by atoms with Crippen molar-refractivity contribution < 1.29 is 0 Å². The summed E-state index contributed by atoms with van der Waals surface area (Å²) >= 11 is 1.81. The Morgan fingerprint density at radius 3 is 2.38 bits per heavy atom. The average Bonchev–Trinajstić information content (AvgIpc) is 2.65. The van der Waals surface area contributed by atoms with Gasteiger partial charge in [-0.3, -0.25) is 9.88 Å². The Kier molecular flexibility index (Phi) is 6.70. The molecule has 0 N–H and O–H groups in total. The molecule has 0 saturated carbocycles. The maximum absolute atomic E-state index is 4.19. The number of hydrogen-bond acceptors (Lipinski definition) is 4. The van der Waals surface area contributed by atoms with Crippen LogP contribution in [0.5, 0.6) is 0 Å². The maximum atomic E-state index is 4.19. The summed E-state index contributed by atoms with van der Waals surface area (Å²) in [6.45, 7) is 7.02. The van der Waals surface area contributed by atoms with E-state index in [1.807, 2.05) is 18.5 Å². The highest BCUT2D eigenvalue weighted by Gasteiger charge is 2.16. The monoisotopic (exact) mass is 341 g/mol. The molecule has 0 unspecified atom stereocenters. The van der Waals surface area contributed by atoms with Gasteiger partial charge >= 0.3 is 0 Å². The molecule has 1 aliphatic heterocycles. The molecule has 1 fully saturated rings. The molecule has 1 aromatic carbocycles. The first-order valence-corrected chi connectivity index (χ1v) is 10.0. The van der Waals surface area contributed by atoms with Gasteiger partial charge < -0.3 is 4.90 Å². The lowest BCUT2D eigenvalue weighted by Crippen LogP contribution is -2.46. The molecular weight excluding hydrogens is 314 g/mol. The summed E-state index contributed by atoms with van der Waals surface area (Å²) < 4.78 is 0. The Morgan fingerprint density at radius 1 is 0.958 bits per heavy atom. The fourth-order valence-electron chi connectivity index (χ4n) is 3.21. The first kappa shape index (κ1) is 17.5. The highest BCUT2D eigenvalue weighted by atomic mass is 32.2. The van der Waals surface area contributed by atoms with Crippen LogP contribution in [0.25, 0.3) is 0 Å². The van der Waals surface area contributed by atoms with Gasteiger partial charge in [-0.15, -0.1) is 11.8 Å². The van der Waals surface area contributed by atoms with Crippen molar-refractivity contribution in [3.8, 4) is 0 Å². The molecule has 3 nitrogen and oxygen atoms in total. The first-order valence-electron chi connectivity index (χ1n) is 8.80. The predicted molar refractivity (Wildman–Crippen MR) is 102 cm³/mol. The Morgan fingerprint density at radius 2 is 1.71 bits per heavy atom. The SMILES string of the molecule is CSc1ccc(CN2CCN(CCCc3cccnc3)CC2)cc1. The van der Waals surface area contributed by atoms with Crippen LogP contribution in [0.15, 0.2) is 53.7 Å². The van der Waals surface area contributed by atoms with Crippen LogP contribution in [0.3, 0.4) is 0 Å². The lowest BCUT2D eigenvalue weighted by atomic mass is 10.1. The third-order valence-electron chi connectivity index (χ3n) is 4.69. The molecule has 1 aliphatic rings. The van der Waals surface area contributed by atoms with E-state index in [2.05, 4.69) is 51.4 Å². The lowest BCUT2D eigenvalue weighted by molar-refractivity contribution is 0.126. The number of thioether (sulfide) groups is 1. The second-order valence-corrected chi connectivity index (χ2v) is 7.31. The molecule has 1 saturated heterocycles. The van der Waals surface area contributed by atoms with Crippen molar-refractivity contribution in [1.29, 1.82) is 0 Å². The van der Waals surface area contributed by atoms with Gasteiger partial charge in [0.2, 0.25) is 0 Å². The van der Waals surface area contributed by atoms with Crippen LogP contribution in [0.1, 0.15) is 17.5 Å². The van der Waals surface area contributed by atoms with E-state index in [0.717, 1.165) is 13.0 Å². The van der Waals surface area contributed by atoms with E-state index in [0.29, 0.717) is 0 Å². The molecule has 3 rings (SSSR count). The van der Waals surface area contributed by atoms with Gasteiger partial charge in [0, 0.05) is 50.0 Å². The number of hydrogen-bond donors (Lipinski definition) is 0. The number of rotatable bonds is 7. The van der Waals surface area contributed by atoms with Crippen molar-refractivity contribution in [3.05, 3.63) is 59.9 Å². The van der Waals surface area contributed by atoms with E-state index in [-0.39, 0.29) is 0 Å². The topological polar surface area (TPSA) is 19.4 Å². The van der Waals surface area contributed by atoms with Crippen LogP contribution in [0, 0.1) is 0 Å². The summed E-state index contributed by atoms with van der Waals surface area (Å²) in [5.41, 5.74) is 2.78. The molecule has 0 radical (unpaired) electrons. The largest absolute Gasteiger partial charge is 0.301 e. The van der Waals surface area contributed by atoms with Crippen LogP contribution >= 0.6 is 11.8 Å². The number of piperazine rings is 1. The van der Waals surface area contributed by atoms with Crippen molar-refractivity contribution >= 4 is 11.8 Å². The quantitative estimate of drug-likeness (QED) is 0.717. The molecule has 0 aliphatic carbocycles. The van der Waals surface area contributed by atoms with Crippen LogP contribution in [-0.2, 0) is 13.0 Å². The molecular formula is C20H27N3S. The van der Waals surface area contributed by atoms with Crippen molar-refractivity contribution in [3.63, 3.8) is 0 Å². The third-order valence-corrected chi connectivity index (χ3v) is 5.44. The Labute approximate surface area is 150 Å². The third kappa shape index (κ3) is 5.33. The van der Waals surface area contributed by atoms with Crippen LogP contribution in [-0.4, -0.2) is 53.8 Å². The highest BCUT2D eigenvalue weighted by Crippen LogP contribution is 2.16. The van der Waals surface area contributed by atoms with Crippen LogP contribution in [0.4, 0.5) is 0 Å². The van der Waals surface area contributed by atoms with E-state index in [4.69, 9.17) is 0 Å². The number of aromatic nitrogens is 1. The number of pyridine rings is 1.